The Bertz CT molecular complexity index is 1190. The number of halogens is 1. The monoisotopic (exact) mass is 287 g/mol. The predicted octanol–water partition coefficient (Wildman–Crippen LogP) is 4.12. The molecule has 2 nitrogen and oxygen atoms in total. The molecule has 0 N–H and O–H groups in total. The molecule has 0 amide bonds. The van der Waals surface area contributed by atoms with Gasteiger partial charge in [0.2, 0.25) is 0 Å². The minimum atomic E-state index is -0.207. The van der Waals surface area contributed by atoms with E-state index >= 15 is 0 Å². The van der Waals surface area contributed by atoms with Crippen LogP contribution in [-0.2, 0) is 0 Å². The summed E-state index contributed by atoms with van der Waals surface area (Å²) in [6.07, 6.45) is 2.10. The molecule has 0 unspecified atom stereocenters. The van der Waals surface area contributed by atoms with E-state index in [0.29, 0.717) is 0 Å². The summed E-state index contributed by atoms with van der Waals surface area (Å²) in [4.78, 5) is 0. The van der Waals surface area contributed by atoms with Crippen molar-refractivity contribution >= 4 is 33.0 Å². The lowest BCUT2D eigenvalue weighted by Gasteiger charge is -1.98. The Balaban J connectivity index is 2.07. The van der Waals surface area contributed by atoms with E-state index in [-0.39, 0.29) is 5.82 Å². The first-order valence-electron chi connectivity index (χ1n) is 7.24. The maximum atomic E-state index is 13.4. The molecule has 22 heavy (non-hydrogen) atoms. The van der Waals surface area contributed by atoms with Crippen LogP contribution in [0.15, 0.2) is 72.9 Å². The molecule has 0 fully saturated rings. The molecule has 3 heterocycles. The van der Waals surface area contributed by atoms with Crippen molar-refractivity contribution in [1.82, 2.24) is 4.40 Å². The molecule has 5 rings (SSSR count). The number of nitrogens with zero attached hydrogens (tertiary/aromatic N) is 2. The van der Waals surface area contributed by atoms with Gasteiger partial charge in [0.05, 0.1) is 0 Å². The predicted molar refractivity (Wildman–Crippen MR) is 85.5 cm³/mol. The molecular weight excluding hydrogens is 275 g/mol. The van der Waals surface area contributed by atoms with Gasteiger partial charge in [-0.1, -0.05) is 18.2 Å². The van der Waals surface area contributed by atoms with Crippen LogP contribution >= 0.6 is 0 Å². The molecule has 3 heteroatoms. The lowest BCUT2D eigenvalue weighted by atomic mass is 10.2. The summed E-state index contributed by atoms with van der Waals surface area (Å²) >= 11 is 0. The maximum absolute atomic E-state index is 13.4. The van der Waals surface area contributed by atoms with Gasteiger partial charge in [-0.15, -0.1) is 0 Å². The average molecular weight is 287 g/mol. The van der Waals surface area contributed by atoms with Gasteiger partial charge in [0, 0.05) is 16.8 Å². The van der Waals surface area contributed by atoms with Crippen molar-refractivity contribution in [3.8, 4) is 0 Å². The first kappa shape index (κ1) is 11.7. The van der Waals surface area contributed by atoms with Gasteiger partial charge in [0.15, 0.2) is 5.52 Å². The van der Waals surface area contributed by atoms with Crippen LogP contribution in [0.2, 0.25) is 0 Å². The second-order valence-corrected chi connectivity index (χ2v) is 5.55. The molecule has 0 atom stereocenters. The van der Waals surface area contributed by atoms with Crippen molar-refractivity contribution in [3.63, 3.8) is 0 Å². The molecule has 0 saturated carbocycles. The van der Waals surface area contributed by atoms with E-state index in [2.05, 4.69) is 45.3 Å². The maximum Gasteiger partial charge on any atom is 0.292 e. The number of rotatable bonds is 0. The third kappa shape index (κ3) is 1.45. The van der Waals surface area contributed by atoms with Gasteiger partial charge in [-0.2, -0.15) is 8.80 Å². The minimum absolute atomic E-state index is 0.207. The van der Waals surface area contributed by atoms with Crippen LogP contribution in [0, 0.1) is 5.82 Å². The van der Waals surface area contributed by atoms with Crippen LogP contribution in [0.4, 0.5) is 4.39 Å². The highest BCUT2D eigenvalue weighted by atomic mass is 19.1. The number of pyridine rings is 2. The fourth-order valence-electron chi connectivity index (χ4n) is 3.27. The second kappa shape index (κ2) is 4.04. The molecule has 0 aliphatic heterocycles. The smallest absolute Gasteiger partial charge is 0.207 e. The molecule has 104 valence electrons. The van der Waals surface area contributed by atoms with Gasteiger partial charge in [-0.25, -0.2) is 4.39 Å². The Morgan fingerprint density at radius 1 is 0.818 bits per heavy atom. The van der Waals surface area contributed by atoms with Crippen LogP contribution in [0.5, 0.6) is 0 Å². The van der Waals surface area contributed by atoms with Gasteiger partial charge in [0.1, 0.15) is 23.0 Å². The van der Waals surface area contributed by atoms with Crippen LogP contribution in [-0.4, -0.2) is 4.40 Å². The lowest BCUT2D eigenvalue weighted by molar-refractivity contribution is -0.479. The molecule has 0 aliphatic carbocycles. The highest BCUT2D eigenvalue weighted by Crippen LogP contribution is 2.21. The molecule has 0 aliphatic rings. The van der Waals surface area contributed by atoms with Crippen molar-refractivity contribution in [3.05, 3.63) is 78.7 Å². The van der Waals surface area contributed by atoms with E-state index in [1.54, 1.807) is 6.07 Å². The zero-order valence-electron chi connectivity index (χ0n) is 11.7. The van der Waals surface area contributed by atoms with Crippen LogP contribution < -0.4 is 4.40 Å². The standard InChI is InChI=1S/C19H12FN2/c20-15-7-9-17-14(11-15)6-10-19-21(17)12-16-8-5-13-3-1-2-4-18(13)22(16)19/h1-12H/q+1. The molecule has 0 bridgehead atoms. The van der Waals surface area contributed by atoms with Crippen LogP contribution in [0.1, 0.15) is 0 Å². The topological polar surface area (TPSA) is 8.51 Å². The number of imidazole rings is 1. The summed E-state index contributed by atoms with van der Waals surface area (Å²) in [6.45, 7) is 0. The Hall–Kier alpha value is -2.94. The zero-order chi connectivity index (χ0) is 14.7. The van der Waals surface area contributed by atoms with Crippen molar-refractivity contribution in [2.45, 2.75) is 0 Å². The van der Waals surface area contributed by atoms with E-state index < -0.39 is 0 Å². The summed E-state index contributed by atoms with van der Waals surface area (Å²) in [5.41, 5.74) is 4.37. The lowest BCUT2D eigenvalue weighted by Crippen LogP contribution is -2.19. The molecular formula is C19H12FN2+. The summed E-state index contributed by atoms with van der Waals surface area (Å²) < 4.78 is 17.8. The van der Waals surface area contributed by atoms with Crippen LogP contribution in [0.3, 0.4) is 0 Å². The Morgan fingerprint density at radius 3 is 2.64 bits per heavy atom. The van der Waals surface area contributed by atoms with Gasteiger partial charge in [-0.05, 0) is 42.5 Å². The highest BCUT2D eigenvalue weighted by Gasteiger charge is 2.16. The van der Waals surface area contributed by atoms with Gasteiger partial charge >= 0.3 is 0 Å². The number of hydrogen-bond acceptors (Lipinski definition) is 0. The second-order valence-electron chi connectivity index (χ2n) is 5.55. The molecule has 3 aromatic heterocycles. The van der Waals surface area contributed by atoms with Gasteiger partial charge < -0.3 is 0 Å². The number of benzene rings is 2. The Morgan fingerprint density at radius 2 is 1.68 bits per heavy atom. The minimum Gasteiger partial charge on any atom is -0.207 e. The van der Waals surface area contributed by atoms with E-state index in [1.807, 2.05) is 24.3 Å². The molecule has 5 aromatic rings. The summed E-state index contributed by atoms with van der Waals surface area (Å²) in [7, 11) is 0. The summed E-state index contributed by atoms with van der Waals surface area (Å²) in [5.74, 6) is -0.207. The Labute approximate surface area is 125 Å². The number of hydrogen-bond donors (Lipinski definition) is 0. The molecule has 2 aromatic carbocycles. The van der Waals surface area contributed by atoms with E-state index in [9.17, 15) is 4.39 Å². The number of para-hydroxylation sites is 1. The molecule has 0 saturated heterocycles. The average Bonchev–Trinajstić information content (AvgIpc) is 2.93. The molecule has 0 radical (unpaired) electrons. The third-order valence-electron chi connectivity index (χ3n) is 4.27. The summed E-state index contributed by atoms with van der Waals surface area (Å²) in [5, 5.41) is 2.10. The van der Waals surface area contributed by atoms with Crippen LogP contribution in [0.25, 0.3) is 33.0 Å². The van der Waals surface area contributed by atoms with Crippen molar-refractivity contribution in [2.75, 3.05) is 0 Å². The number of aromatic nitrogens is 2. The normalized spacial score (nSPS) is 11.9. The van der Waals surface area contributed by atoms with Crippen molar-refractivity contribution < 1.29 is 8.79 Å². The van der Waals surface area contributed by atoms with E-state index in [0.717, 1.165) is 22.1 Å². The zero-order valence-corrected chi connectivity index (χ0v) is 11.7. The van der Waals surface area contributed by atoms with E-state index in [4.69, 9.17) is 0 Å². The fraction of sp³-hybridized carbons (Fsp3) is 0. The number of fused-ring (bicyclic) bond motifs is 7. The first-order chi connectivity index (χ1) is 10.8. The first-order valence-corrected chi connectivity index (χ1v) is 7.24. The Kier molecular flexibility index (Phi) is 2.15. The fourth-order valence-corrected chi connectivity index (χ4v) is 3.27. The van der Waals surface area contributed by atoms with Crippen molar-refractivity contribution in [2.24, 2.45) is 0 Å². The quantitative estimate of drug-likeness (QED) is 0.379. The van der Waals surface area contributed by atoms with Gasteiger partial charge in [-0.3, -0.25) is 0 Å². The van der Waals surface area contributed by atoms with Gasteiger partial charge in [0.25, 0.3) is 5.65 Å². The summed E-state index contributed by atoms with van der Waals surface area (Å²) in [6, 6.07) is 21.5. The highest BCUT2D eigenvalue weighted by molar-refractivity contribution is 5.85. The third-order valence-corrected chi connectivity index (χ3v) is 4.27. The van der Waals surface area contributed by atoms with E-state index in [1.165, 1.54) is 17.0 Å². The SMILES string of the molecule is Fc1ccc2c(ccc3n4c(ccc5ccccc54)c[n+]23)c1. The van der Waals surface area contributed by atoms with Crippen molar-refractivity contribution in [1.29, 1.82) is 0 Å². The molecule has 0 spiro atoms. The largest absolute Gasteiger partial charge is 0.292 e.